The summed E-state index contributed by atoms with van der Waals surface area (Å²) in [6.07, 6.45) is 0. The predicted molar refractivity (Wildman–Crippen MR) is 153 cm³/mol. The van der Waals surface area contributed by atoms with Gasteiger partial charge in [0.15, 0.2) is 5.69 Å². The van der Waals surface area contributed by atoms with Crippen molar-refractivity contribution in [1.82, 2.24) is 14.5 Å². The zero-order valence-electron chi connectivity index (χ0n) is 22.3. The summed E-state index contributed by atoms with van der Waals surface area (Å²) in [5, 5.41) is 16.9. The second-order valence-electron chi connectivity index (χ2n) is 8.95. The molecule has 4 rings (SSSR count). The Labute approximate surface area is 241 Å². The van der Waals surface area contributed by atoms with E-state index >= 15 is 0 Å². The first-order valence-corrected chi connectivity index (χ1v) is 14.1. The van der Waals surface area contributed by atoms with E-state index in [9.17, 15) is 23.1 Å². The van der Waals surface area contributed by atoms with Crippen molar-refractivity contribution in [3.05, 3.63) is 94.1 Å². The summed E-state index contributed by atoms with van der Waals surface area (Å²) < 4.78 is 41.5. The van der Waals surface area contributed by atoms with Crippen LogP contribution in [0.3, 0.4) is 0 Å². The fraction of sp³-hybridized carbons (Fsp3) is 0.179. The third-order valence-electron chi connectivity index (χ3n) is 5.93. The van der Waals surface area contributed by atoms with Gasteiger partial charge in [-0.15, -0.1) is 0 Å². The topological polar surface area (TPSA) is 149 Å². The molecule has 0 radical (unpaired) electrons. The van der Waals surface area contributed by atoms with Crippen LogP contribution in [0.1, 0.15) is 32.0 Å². The Hall–Kier alpha value is -4.23. The molecule has 0 atom stereocenters. The van der Waals surface area contributed by atoms with Crippen LogP contribution < -0.4 is 14.8 Å². The number of halogens is 1. The lowest BCUT2D eigenvalue weighted by atomic mass is 10.2. The van der Waals surface area contributed by atoms with E-state index in [2.05, 4.69) is 15.1 Å². The van der Waals surface area contributed by atoms with Crippen molar-refractivity contribution in [2.75, 3.05) is 25.6 Å². The molecule has 1 aromatic heterocycles. The van der Waals surface area contributed by atoms with Crippen molar-refractivity contribution in [1.29, 1.82) is 0 Å². The lowest BCUT2D eigenvalue weighted by Crippen LogP contribution is -2.27. The van der Waals surface area contributed by atoms with Crippen molar-refractivity contribution in [2.24, 2.45) is 0 Å². The van der Waals surface area contributed by atoms with Gasteiger partial charge in [-0.25, -0.2) is 17.9 Å². The summed E-state index contributed by atoms with van der Waals surface area (Å²) in [6, 6.07) is 17.5. The molecule has 214 valence electrons. The Bertz CT molecular complexity index is 1700. The highest BCUT2D eigenvalue weighted by Gasteiger charge is 2.26. The number of carbonyl (C=O) groups excluding carboxylic acids is 1. The minimum Gasteiger partial charge on any atom is -0.476 e. The number of aryl methyl sites for hydroxylation is 1. The van der Waals surface area contributed by atoms with Crippen LogP contribution in [0.5, 0.6) is 11.6 Å². The molecule has 0 fully saturated rings. The summed E-state index contributed by atoms with van der Waals surface area (Å²) >= 11 is 6.00. The van der Waals surface area contributed by atoms with Gasteiger partial charge in [0.2, 0.25) is 15.9 Å². The lowest BCUT2D eigenvalue weighted by Gasteiger charge is -2.16. The third-order valence-corrected chi connectivity index (χ3v) is 7.65. The Morgan fingerprint density at radius 2 is 1.78 bits per heavy atom. The van der Waals surface area contributed by atoms with E-state index in [4.69, 9.17) is 21.1 Å². The first-order valence-electron chi connectivity index (χ1n) is 12.3. The van der Waals surface area contributed by atoms with E-state index in [1.807, 2.05) is 19.1 Å². The molecular formula is C28H27ClN4O7S. The number of aromatic carboxylic acids is 1. The smallest absolute Gasteiger partial charge is 0.356 e. The van der Waals surface area contributed by atoms with Crippen LogP contribution in [0.15, 0.2) is 71.6 Å². The molecule has 1 amide bonds. The number of rotatable bonds is 11. The average Bonchev–Trinajstić information content (AvgIpc) is 3.26. The Morgan fingerprint density at radius 3 is 2.44 bits per heavy atom. The molecule has 1 heterocycles. The summed E-state index contributed by atoms with van der Waals surface area (Å²) in [7, 11) is -2.76. The van der Waals surface area contributed by atoms with Gasteiger partial charge in [0.05, 0.1) is 12.3 Å². The van der Waals surface area contributed by atoms with E-state index in [0.29, 0.717) is 10.7 Å². The molecule has 0 saturated heterocycles. The Kier molecular flexibility index (Phi) is 9.08. The SMILES string of the molecule is COCCNS(=O)(=O)c1cc(NC(=O)c2cccc(Cl)c2)ccc1Oc1c(C)c(C(=O)O)nn1-c1ccc(C)cc1. The van der Waals surface area contributed by atoms with Crippen molar-refractivity contribution in [2.45, 2.75) is 18.7 Å². The van der Waals surface area contributed by atoms with Crippen molar-refractivity contribution < 1.29 is 32.6 Å². The monoisotopic (exact) mass is 598 g/mol. The van der Waals surface area contributed by atoms with Gasteiger partial charge in [0.25, 0.3) is 5.91 Å². The predicted octanol–water partition coefficient (Wildman–Crippen LogP) is 4.81. The molecule has 0 spiro atoms. The number of sulfonamides is 1. The number of hydrogen-bond acceptors (Lipinski definition) is 7. The van der Waals surface area contributed by atoms with Gasteiger partial charge in [-0.2, -0.15) is 9.78 Å². The highest BCUT2D eigenvalue weighted by atomic mass is 35.5. The van der Waals surface area contributed by atoms with Crippen LogP contribution in [-0.2, 0) is 14.8 Å². The maximum absolute atomic E-state index is 13.4. The molecular weight excluding hydrogens is 572 g/mol. The van der Waals surface area contributed by atoms with Crippen molar-refractivity contribution in [3.8, 4) is 17.3 Å². The number of amides is 1. The summed E-state index contributed by atoms with van der Waals surface area (Å²) in [6.45, 7) is 3.50. The van der Waals surface area contributed by atoms with Gasteiger partial charge >= 0.3 is 5.97 Å². The number of carboxylic acids is 1. The number of methoxy groups -OCH3 is 1. The number of carboxylic acid groups (broad SMARTS) is 1. The van der Waals surface area contributed by atoms with Crippen LogP contribution in [0.2, 0.25) is 5.02 Å². The second kappa shape index (κ2) is 12.5. The van der Waals surface area contributed by atoms with Crippen molar-refractivity contribution >= 4 is 39.2 Å². The third kappa shape index (κ3) is 6.92. The highest BCUT2D eigenvalue weighted by molar-refractivity contribution is 7.89. The molecule has 0 bridgehead atoms. The number of aromatic nitrogens is 2. The van der Waals surface area contributed by atoms with Gasteiger partial charge < -0.3 is 19.9 Å². The first kappa shape index (κ1) is 29.7. The number of carbonyl (C=O) groups is 2. The summed E-state index contributed by atoms with van der Waals surface area (Å²) in [5.41, 5.74) is 1.86. The normalized spacial score (nSPS) is 11.3. The van der Waals surface area contributed by atoms with Crippen LogP contribution in [-0.4, -0.2) is 55.4 Å². The number of hydrogen-bond donors (Lipinski definition) is 3. The summed E-state index contributed by atoms with van der Waals surface area (Å²) in [5.74, 6) is -1.89. The molecule has 13 heteroatoms. The number of nitrogens with one attached hydrogen (secondary N) is 2. The fourth-order valence-corrected chi connectivity index (χ4v) is 5.19. The molecule has 0 saturated carbocycles. The summed E-state index contributed by atoms with van der Waals surface area (Å²) in [4.78, 5) is 24.4. The largest absolute Gasteiger partial charge is 0.476 e. The number of benzene rings is 3. The number of ether oxygens (including phenoxy) is 2. The molecule has 3 N–H and O–H groups in total. The second-order valence-corrected chi connectivity index (χ2v) is 11.1. The Balaban J connectivity index is 1.79. The maximum Gasteiger partial charge on any atom is 0.356 e. The molecule has 3 aromatic carbocycles. The Morgan fingerprint density at radius 1 is 1.05 bits per heavy atom. The first-order chi connectivity index (χ1) is 19.5. The molecule has 0 aliphatic rings. The van der Waals surface area contributed by atoms with E-state index < -0.39 is 21.9 Å². The zero-order valence-corrected chi connectivity index (χ0v) is 23.9. The standard InChI is InChI=1S/C28H27ClN4O7S/c1-17-7-10-22(11-8-17)33-27(18(2)25(32-33)28(35)36)40-23-12-9-21(16-24(23)41(37,38)30-13-14-39-3)31-26(34)19-5-4-6-20(29)15-19/h4-12,15-16,30H,13-14H2,1-3H3,(H,31,34)(H,35,36). The van der Waals surface area contributed by atoms with E-state index in [0.717, 1.165) is 5.56 Å². The average molecular weight is 599 g/mol. The van der Waals surface area contributed by atoms with E-state index in [1.165, 1.54) is 43.0 Å². The molecule has 0 aliphatic heterocycles. The number of nitrogens with zero attached hydrogens (tertiary/aromatic N) is 2. The number of anilines is 1. The van der Waals surface area contributed by atoms with Crippen LogP contribution in [0.4, 0.5) is 5.69 Å². The maximum atomic E-state index is 13.4. The van der Waals surface area contributed by atoms with E-state index in [1.54, 1.807) is 30.3 Å². The fourth-order valence-electron chi connectivity index (χ4n) is 3.84. The van der Waals surface area contributed by atoms with Crippen LogP contribution in [0, 0.1) is 13.8 Å². The van der Waals surface area contributed by atoms with Gasteiger partial charge in [-0.1, -0.05) is 35.4 Å². The van der Waals surface area contributed by atoms with Crippen molar-refractivity contribution in [3.63, 3.8) is 0 Å². The molecule has 0 aliphatic carbocycles. The lowest BCUT2D eigenvalue weighted by molar-refractivity contribution is 0.0689. The van der Waals surface area contributed by atoms with E-state index in [-0.39, 0.29) is 52.2 Å². The molecule has 0 unspecified atom stereocenters. The minimum absolute atomic E-state index is 0.00954. The molecule has 4 aromatic rings. The van der Waals surface area contributed by atoms with Gasteiger partial charge in [-0.3, -0.25) is 4.79 Å². The van der Waals surface area contributed by atoms with Crippen LogP contribution in [0.25, 0.3) is 5.69 Å². The van der Waals surface area contributed by atoms with Gasteiger partial charge in [0.1, 0.15) is 10.6 Å². The molecule has 41 heavy (non-hydrogen) atoms. The minimum atomic E-state index is -4.19. The molecule has 11 nitrogen and oxygen atoms in total. The van der Waals surface area contributed by atoms with Gasteiger partial charge in [0, 0.05) is 35.5 Å². The van der Waals surface area contributed by atoms with Crippen LogP contribution >= 0.6 is 11.6 Å². The highest BCUT2D eigenvalue weighted by Crippen LogP contribution is 2.35. The zero-order chi connectivity index (χ0) is 29.7. The van der Waals surface area contributed by atoms with Gasteiger partial charge in [-0.05, 0) is 62.4 Å². The quantitative estimate of drug-likeness (QED) is 0.208.